The number of aryl methyl sites for hydroxylation is 2. The summed E-state index contributed by atoms with van der Waals surface area (Å²) in [6.07, 6.45) is 4.53. The predicted octanol–water partition coefficient (Wildman–Crippen LogP) is 4.37. The topological polar surface area (TPSA) is 61.4 Å². The summed E-state index contributed by atoms with van der Waals surface area (Å²) < 4.78 is 0. The molecule has 5 heteroatoms. The number of hydrogen-bond acceptors (Lipinski definition) is 3. The third kappa shape index (κ3) is 5.35. The fourth-order valence-corrected chi connectivity index (χ4v) is 3.55. The number of anilines is 2. The lowest BCUT2D eigenvalue weighted by molar-refractivity contribution is -0.114. The van der Waals surface area contributed by atoms with Gasteiger partial charge >= 0.3 is 0 Å². The molecule has 1 heterocycles. The van der Waals surface area contributed by atoms with Crippen molar-refractivity contribution in [3.8, 4) is 0 Å². The Bertz CT molecular complexity index is 839. The van der Waals surface area contributed by atoms with Gasteiger partial charge < -0.3 is 15.5 Å². The van der Waals surface area contributed by atoms with E-state index >= 15 is 0 Å². The Balaban J connectivity index is 1.58. The summed E-state index contributed by atoms with van der Waals surface area (Å²) in [6.45, 7) is 5.81. The molecule has 2 aromatic carbocycles. The number of benzene rings is 2. The van der Waals surface area contributed by atoms with Crippen molar-refractivity contribution >= 4 is 23.2 Å². The second-order valence-corrected chi connectivity index (χ2v) is 7.51. The van der Waals surface area contributed by atoms with Crippen molar-refractivity contribution in [2.75, 3.05) is 30.3 Å². The zero-order valence-electron chi connectivity index (χ0n) is 16.8. The van der Waals surface area contributed by atoms with E-state index in [9.17, 15) is 9.59 Å². The van der Waals surface area contributed by atoms with E-state index in [1.807, 2.05) is 61.2 Å². The normalized spacial score (nSPS) is 14.3. The van der Waals surface area contributed by atoms with E-state index in [0.717, 1.165) is 42.9 Å². The molecule has 148 valence electrons. The summed E-state index contributed by atoms with van der Waals surface area (Å²) in [6, 6.07) is 13.3. The highest BCUT2D eigenvalue weighted by atomic mass is 16.2. The monoisotopic (exact) mass is 379 g/mol. The van der Waals surface area contributed by atoms with E-state index in [1.54, 1.807) is 0 Å². The summed E-state index contributed by atoms with van der Waals surface area (Å²) in [7, 11) is 0. The summed E-state index contributed by atoms with van der Waals surface area (Å²) in [5.41, 5.74) is 4.47. The van der Waals surface area contributed by atoms with Gasteiger partial charge in [0.2, 0.25) is 5.91 Å². The van der Waals surface area contributed by atoms with Crippen LogP contribution in [0, 0.1) is 13.8 Å². The minimum absolute atomic E-state index is 0.0743. The molecule has 0 radical (unpaired) electrons. The lowest BCUT2D eigenvalue weighted by Crippen LogP contribution is -2.31. The highest BCUT2D eigenvalue weighted by Crippen LogP contribution is 2.18. The van der Waals surface area contributed by atoms with E-state index in [2.05, 4.69) is 10.6 Å². The molecule has 0 bridgehead atoms. The number of nitrogens with one attached hydrogen (secondary N) is 2. The number of likely N-dealkylation sites (tertiary alicyclic amines) is 1. The molecule has 1 saturated heterocycles. The SMILES string of the molecule is Cc1ccc(NC(=O)CNc2cccc(C(=O)N3CCCCCC3)c2)c(C)c1. The van der Waals surface area contributed by atoms with Gasteiger partial charge in [0.1, 0.15) is 0 Å². The molecule has 0 aliphatic carbocycles. The quantitative estimate of drug-likeness (QED) is 0.811. The Hall–Kier alpha value is -2.82. The van der Waals surface area contributed by atoms with Crippen molar-refractivity contribution in [3.05, 3.63) is 59.2 Å². The second-order valence-electron chi connectivity index (χ2n) is 7.51. The number of rotatable bonds is 5. The molecule has 0 unspecified atom stereocenters. The Morgan fingerprint density at radius 3 is 2.43 bits per heavy atom. The number of amides is 2. The fourth-order valence-electron chi connectivity index (χ4n) is 3.55. The summed E-state index contributed by atoms with van der Waals surface area (Å²) in [4.78, 5) is 27.0. The van der Waals surface area contributed by atoms with Crippen LogP contribution >= 0.6 is 0 Å². The van der Waals surface area contributed by atoms with Crippen LogP contribution < -0.4 is 10.6 Å². The molecule has 2 amide bonds. The average Bonchev–Trinajstić information content (AvgIpc) is 2.98. The minimum atomic E-state index is -0.115. The van der Waals surface area contributed by atoms with Crippen molar-refractivity contribution in [3.63, 3.8) is 0 Å². The van der Waals surface area contributed by atoms with Gasteiger partial charge in [-0.3, -0.25) is 9.59 Å². The maximum Gasteiger partial charge on any atom is 0.253 e. The van der Waals surface area contributed by atoms with Crippen LogP contribution in [0.2, 0.25) is 0 Å². The van der Waals surface area contributed by atoms with Crippen LogP contribution in [-0.2, 0) is 4.79 Å². The molecular formula is C23H29N3O2. The van der Waals surface area contributed by atoms with Crippen LogP contribution in [0.25, 0.3) is 0 Å². The molecule has 0 atom stereocenters. The lowest BCUT2D eigenvalue weighted by Gasteiger charge is -2.20. The Morgan fingerprint density at radius 2 is 1.71 bits per heavy atom. The Labute approximate surface area is 167 Å². The summed E-state index contributed by atoms with van der Waals surface area (Å²) in [5.74, 6) is -0.0403. The molecule has 2 aromatic rings. The molecule has 1 aliphatic rings. The standard InChI is InChI=1S/C23H29N3O2/c1-17-10-11-21(18(2)14-17)25-22(27)16-24-20-9-7-8-19(15-20)23(28)26-12-5-3-4-6-13-26/h7-11,14-15,24H,3-6,12-13,16H2,1-2H3,(H,25,27). The van der Waals surface area contributed by atoms with E-state index in [-0.39, 0.29) is 18.4 Å². The van der Waals surface area contributed by atoms with Crippen molar-refractivity contribution in [2.24, 2.45) is 0 Å². The number of hydrogen-bond donors (Lipinski definition) is 2. The molecule has 28 heavy (non-hydrogen) atoms. The van der Waals surface area contributed by atoms with Crippen LogP contribution in [0.3, 0.4) is 0 Å². The van der Waals surface area contributed by atoms with Crippen LogP contribution in [-0.4, -0.2) is 36.3 Å². The lowest BCUT2D eigenvalue weighted by atomic mass is 10.1. The Kier molecular flexibility index (Phi) is 6.69. The molecule has 0 saturated carbocycles. The zero-order valence-corrected chi connectivity index (χ0v) is 16.8. The minimum Gasteiger partial charge on any atom is -0.376 e. The smallest absolute Gasteiger partial charge is 0.253 e. The molecular weight excluding hydrogens is 350 g/mol. The van der Waals surface area contributed by atoms with Crippen molar-refractivity contribution in [1.82, 2.24) is 4.90 Å². The molecule has 0 aromatic heterocycles. The average molecular weight is 380 g/mol. The molecule has 1 fully saturated rings. The highest BCUT2D eigenvalue weighted by molar-refractivity contribution is 5.96. The summed E-state index contributed by atoms with van der Waals surface area (Å²) in [5, 5.41) is 6.05. The van der Waals surface area contributed by atoms with Crippen molar-refractivity contribution < 1.29 is 9.59 Å². The fraction of sp³-hybridized carbons (Fsp3) is 0.391. The first-order valence-corrected chi connectivity index (χ1v) is 10.0. The maximum atomic E-state index is 12.8. The van der Waals surface area contributed by atoms with Gasteiger partial charge in [0.05, 0.1) is 6.54 Å². The number of carbonyl (C=O) groups is 2. The van der Waals surface area contributed by atoms with Crippen molar-refractivity contribution in [1.29, 1.82) is 0 Å². The predicted molar refractivity (Wildman–Crippen MR) is 114 cm³/mol. The molecule has 2 N–H and O–H groups in total. The molecule has 0 spiro atoms. The maximum absolute atomic E-state index is 12.8. The van der Waals surface area contributed by atoms with Gasteiger partial charge in [-0.15, -0.1) is 0 Å². The van der Waals surface area contributed by atoms with E-state index in [0.29, 0.717) is 5.56 Å². The Morgan fingerprint density at radius 1 is 0.964 bits per heavy atom. The van der Waals surface area contributed by atoms with E-state index < -0.39 is 0 Å². The van der Waals surface area contributed by atoms with Crippen LogP contribution in [0.15, 0.2) is 42.5 Å². The third-order valence-electron chi connectivity index (χ3n) is 5.11. The van der Waals surface area contributed by atoms with Crippen LogP contribution in [0.5, 0.6) is 0 Å². The summed E-state index contributed by atoms with van der Waals surface area (Å²) >= 11 is 0. The van der Waals surface area contributed by atoms with E-state index in [4.69, 9.17) is 0 Å². The van der Waals surface area contributed by atoms with Crippen molar-refractivity contribution in [2.45, 2.75) is 39.5 Å². The first kappa shape index (κ1) is 19.9. The first-order chi connectivity index (χ1) is 13.5. The van der Waals surface area contributed by atoms with Crippen LogP contribution in [0.4, 0.5) is 11.4 Å². The van der Waals surface area contributed by atoms with Gasteiger partial charge in [-0.1, -0.05) is 36.6 Å². The molecule has 5 nitrogen and oxygen atoms in total. The molecule has 3 rings (SSSR count). The largest absolute Gasteiger partial charge is 0.376 e. The third-order valence-corrected chi connectivity index (χ3v) is 5.11. The van der Waals surface area contributed by atoms with Gasteiger partial charge in [0.15, 0.2) is 0 Å². The number of carbonyl (C=O) groups excluding carboxylic acids is 2. The van der Waals surface area contributed by atoms with Crippen LogP contribution in [0.1, 0.15) is 47.2 Å². The zero-order chi connectivity index (χ0) is 19.9. The number of nitrogens with zero attached hydrogens (tertiary/aromatic N) is 1. The van der Waals surface area contributed by atoms with Gasteiger partial charge in [-0.05, 0) is 56.5 Å². The van der Waals surface area contributed by atoms with Gasteiger partial charge in [-0.2, -0.15) is 0 Å². The van der Waals surface area contributed by atoms with Gasteiger partial charge in [0.25, 0.3) is 5.91 Å². The van der Waals surface area contributed by atoms with Gasteiger partial charge in [-0.25, -0.2) is 0 Å². The molecule has 1 aliphatic heterocycles. The van der Waals surface area contributed by atoms with E-state index in [1.165, 1.54) is 18.4 Å². The highest BCUT2D eigenvalue weighted by Gasteiger charge is 2.17. The second kappa shape index (κ2) is 9.40. The first-order valence-electron chi connectivity index (χ1n) is 10.0. The van der Waals surface area contributed by atoms with Gasteiger partial charge in [0, 0.05) is 30.0 Å².